The molecule has 0 aliphatic heterocycles. The summed E-state index contributed by atoms with van der Waals surface area (Å²) >= 11 is 0. The first kappa shape index (κ1) is 31.6. The van der Waals surface area contributed by atoms with Gasteiger partial charge in [-0.05, 0) is 44.2 Å². The molecule has 0 aromatic heterocycles. The van der Waals surface area contributed by atoms with Crippen LogP contribution in [0.5, 0.6) is 0 Å². The number of allylic oxidation sites excluding steroid dienone is 1. The Bertz CT molecular complexity index is 786. The molecule has 9 heteroatoms. The summed E-state index contributed by atoms with van der Waals surface area (Å²) in [5.41, 5.74) is 5.44. The predicted molar refractivity (Wildman–Crippen MR) is 137 cm³/mol. The van der Waals surface area contributed by atoms with Crippen LogP contribution in [0.4, 0.5) is 0 Å². The summed E-state index contributed by atoms with van der Waals surface area (Å²) < 4.78 is 0. The van der Waals surface area contributed by atoms with Crippen molar-refractivity contribution in [3.05, 3.63) is 42.0 Å². The standard InChI is InChI=1S/C25H40N4O4.ClH/c1-17(2)15-22(23(30)27-29(16-18(3)4)25(32)19(5)26-6)21(24(31)28-33)14-10-13-20-11-8-7-9-12-20;/h7-13,17-19,21-22,26,33H,14-16H2,1-6H3,(H,27,30)(H,28,31);1H/t19-,21-,22+;/m0./s1. The quantitative estimate of drug-likeness (QED) is 0.262. The minimum atomic E-state index is -0.796. The number of halogens is 1. The first-order valence-corrected chi connectivity index (χ1v) is 11.5. The SMILES string of the molecule is CN[C@@H](C)C(=O)N(CC(C)C)NC(=O)[C@H](CC(C)C)[C@H](CC=Cc1ccccc1)C(=O)NO.Cl. The fourth-order valence-electron chi connectivity index (χ4n) is 3.54. The summed E-state index contributed by atoms with van der Waals surface area (Å²) in [7, 11) is 1.68. The number of hydrogen-bond acceptors (Lipinski definition) is 5. The molecule has 34 heavy (non-hydrogen) atoms. The Kier molecular flexibility index (Phi) is 15.1. The van der Waals surface area contributed by atoms with Gasteiger partial charge in [0.25, 0.3) is 5.91 Å². The van der Waals surface area contributed by atoms with Crippen LogP contribution in [0.15, 0.2) is 36.4 Å². The molecule has 0 unspecified atom stereocenters. The smallest absolute Gasteiger partial charge is 0.257 e. The molecule has 0 radical (unpaired) electrons. The molecule has 3 amide bonds. The van der Waals surface area contributed by atoms with Crippen molar-refractivity contribution in [1.29, 1.82) is 0 Å². The summed E-state index contributed by atoms with van der Waals surface area (Å²) in [5, 5.41) is 13.6. The van der Waals surface area contributed by atoms with Gasteiger partial charge in [0.1, 0.15) is 0 Å². The van der Waals surface area contributed by atoms with Crippen molar-refractivity contribution in [2.24, 2.45) is 23.7 Å². The van der Waals surface area contributed by atoms with Gasteiger partial charge in [-0.1, -0.05) is 70.2 Å². The highest BCUT2D eigenvalue weighted by Gasteiger charge is 2.35. The van der Waals surface area contributed by atoms with Gasteiger partial charge in [-0.2, -0.15) is 0 Å². The van der Waals surface area contributed by atoms with E-state index in [1.165, 1.54) is 5.01 Å². The predicted octanol–water partition coefficient (Wildman–Crippen LogP) is 3.42. The molecule has 1 rings (SSSR count). The van der Waals surface area contributed by atoms with Crippen molar-refractivity contribution in [3.63, 3.8) is 0 Å². The van der Waals surface area contributed by atoms with Crippen molar-refractivity contribution in [3.8, 4) is 0 Å². The average molecular weight is 497 g/mol. The van der Waals surface area contributed by atoms with E-state index in [1.807, 2.05) is 70.2 Å². The number of hydrogen-bond donors (Lipinski definition) is 4. The van der Waals surface area contributed by atoms with Crippen molar-refractivity contribution >= 4 is 36.2 Å². The molecule has 0 heterocycles. The Morgan fingerprint density at radius 3 is 2.09 bits per heavy atom. The van der Waals surface area contributed by atoms with E-state index in [0.29, 0.717) is 13.0 Å². The molecule has 8 nitrogen and oxygen atoms in total. The second kappa shape index (κ2) is 16.2. The van der Waals surface area contributed by atoms with Crippen molar-refractivity contribution in [2.45, 2.75) is 53.5 Å². The van der Waals surface area contributed by atoms with E-state index in [4.69, 9.17) is 0 Å². The lowest BCUT2D eigenvalue weighted by atomic mass is 9.82. The van der Waals surface area contributed by atoms with Gasteiger partial charge in [0.05, 0.1) is 17.9 Å². The van der Waals surface area contributed by atoms with Crippen LogP contribution in [0.3, 0.4) is 0 Å². The lowest BCUT2D eigenvalue weighted by Gasteiger charge is -2.31. The molecule has 1 aromatic carbocycles. The van der Waals surface area contributed by atoms with E-state index in [1.54, 1.807) is 19.5 Å². The highest BCUT2D eigenvalue weighted by Crippen LogP contribution is 2.25. The molecule has 0 spiro atoms. The van der Waals surface area contributed by atoms with Crippen LogP contribution < -0.4 is 16.2 Å². The number of carbonyl (C=O) groups is 3. The van der Waals surface area contributed by atoms with E-state index >= 15 is 0 Å². The topological polar surface area (TPSA) is 111 Å². The van der Waals surface area contributed by atoms with Crippen LogP contribution >= 0.6 is 12.4 Å². The van der Waals surface area contributed by atoms with Gasteiger partial charge in [-0.3, -0.25) is 30.0 Å². The number of hydrazine groups is 1. The van der Waals surface area contributed by atoms with E-state index in [-0.39, 0.29) is 36.6 Å². The van der Waals surface area contributed by atoms with Crippen LogP contribution in [-0.4, -0.2) is 47.6 Å². The summed E-state index contributed by atoms with van der Waals surface area (Å²) in [6.45, 7) is 9.92. The van der Waals surface area contributed by atoms with Gasteiger partial charge in [-0.25, -0.2) is 5.48 Å². The number of nitrogens with one attached hydrogen (secondary N) is 3. The first-order valence-electron chi connectivity index (χ1n) is 11.5. The molecule has 0 bridgehead atoms. The second-order valence-electron chi connectivity index (χ2n) is 9.20. The maximum absolute atomic E-state index is 13.4. The maximum Gasteiger partial charge on any atom is 0.257 e. The molecule has 3 atom stereocenters. The number of likely N-dealkylation sites (N-methyl/N-ethyl adjacent to an activating group) is 1. The molecule has 1 aromatic rings. The van der Waals surface area contributed by atoms with Crippen molar-refractivity contribution in [1.82, 2.24) is 21.2 Å². The Morgan fingerprint density at radius 1 is 0.971 bits per heavy atom. The van der Waals surface area contributed by atoms with Crippen LogP contribution in [0.25, 0.3) is 6.08 Å². The Balaban J connectivity index is 0.0000109. The van der Waals surface area contributed by atoms with Gasteiger partial charge in [-0.15, -0.1) is 12.4 Å². The summed E-state index contributed by atoms with van der Waals surface area (Å²) in [4.78, 5) is 38.7. The third kappa shape index (κ3) is 10.7. The monoisotopic (exact) mass is 496 g/mol. The van der Waals surface area contributed by atoms with Gasteiger partial charge >= 0.3 is 0 Å². The molecule has 0 aliphatic rings. The van der Waals surface area contributed by atoms with Gasteiger partial charge < -0.3 is 5.32 Å². The zero-order chi connectivity index (χ0) is 25.0. The molecule has 192 valence electrons. The molecule has 0 aliphatic carbocycles. The van der Waals surface area contributed by atoms with Crippen LogP contribution in [-0.2, 0) is 14.4 Å². The Morgan fingerprint density at radius 2 is 1.59 bits per heavy atom. The fourth-order valence-corrected chi connectivity index (χ4v) is 3.54. The zero-order valence-corrected chi connectivity index (χ0v) is 21.9. The highest BCUT2D eigenvalue weighted by molar-refractivity contribution is 5.89. The molecular weight excluding hydrogens is 456 g/mol. The largest absolute Gasteiger partial charge is 0.309 e. The highest BCUT2D eigenvalue weighted by atomic mass is 35.5. The first-order chi connectivity index (χ1) is 15.6. The van der Waals surface area contributed by atoms with Crippen LogP contribution in [0.2, 0.25) is 0 Å². The number of carbonyl (C=O) groups excluding carboxylic acids is 3. The summed E-state index contributed by atoms with van der Waals surface area (Å²) in [5.74, 6) is -2.57. The van der Waals surface area contributed by atoms with E-state index in [0.717, 1.165) is 5.56 Å². The fraction of sp³-hybridized carbons (Fsp3) is 0.560. The normalized spacial score (nSPS) is 13.8. The van der Waals surface area contributed by atoms with Crippen LogP contribution in [0, 0.1) is 23.7 Å². The van der Waals surface area contributed by atoms with Crippen LogP contribution in [0.1, 0.15) is 53.0 Å². The van der Waals surface area contributed by atoms with E-state index < -0.39 is 29.7 Å². The molecular formula is C25H41ClN4O4. The second-order valence-corrected chi connectivity index (χ2v) is 9.20. The third-order valence-corrected chi connectivity index (χ3v) is 5.36. The lowest BCUT2D eigenvalue weighted by Crippen LogP contribution is -2.56. The van der Waals surface area contributed by atoms with Crippen molar-refractivity contribution in [2.75, 3.05) is 13.6 Å². The van der Waals surface area contributed by atoms with Gasteiger partial charge in [0.2, 0.25) is 11.8 Å². The van der Waals surface area contributed by atoms with Gasteiger partial charge in [0, 0.05) is 6.54 Å². The summed E-state index contributed by atoms with van der Waals surface area (Å²) in [6.07, 6.45) is 4.40. The van der Waals surface area contributed by atoms with E-state index in [9.17, 15) is 19.6 Å². The number of benzene rings is 1. The number of nitrogens with zero attached hydrogens (tertiary/aromatic N) is 1. The molecule has 4 N–H and O–H groups in total. The number of amides is 3. The lowest BCUT2D eigenvalue weighted by molar-refractivity contribution is -0.148. The maximum atomic E-state index is 13.4. The minimum absolute atomic E-state index is 0. The Hall–Kier alpha value is -2.42. The van der Waals surface area contributed by atoms with Gasteiger partial charge in [0.15, 0.2) is 0 Å². The molecule has 0 saturated heterocycles. The van der Waals surface area contributed by atoms with Crippen molar-refractivity contribution < 1.29 is 19.6 Å². The number of hydroxylamine groups is 1. The molecule has 0 saturated carbocycles. The summed E-state index contributed by atoms with van der Waals surface area (Å²) in [6, 6.07) is 9.15. The minimum Gasteiger partial charge on any atom is -0.309 e. The average Bonchev–Trinajstić information content (AvgIpc) is 2.78. The molecule has 0 fully saturated rings. The van der Waals surface area contributed by atoms with E-state index in [2.05, 4.69) is 10.7 Å². The zero-order valence-electron chi connectivity index (χ0n) is 21.1. The Labute approximate surface area is 209 Å². The third-order valence-electron chi connectivity index (χ3n) is 5.36. The number of rotatable bonds is 12.